The Bertz CT molecular complexity index is 766. The predicted octanol–water partition coefficient (Wildman–Crippen LogP) is 3.07. The van der Waals surface area contributed by atoms with E-state index >= 15 is 0 Å². The number of carbonyl (C=O) groups is 2. The van der Waals surface area contributed by atoms with Gasteiger partial charge in [-0.2, -0.15) is 0 Å². The maximum atomic E-state index is 13.4. The van der Waals surface area contributed by atoms with E-state index in [1.54, 1.807) is 31.3 Å². The van der Waals surface area contributed by atoms with Crippen LogP contribution in [0.25, 0.3) is 5.57 Å². The first kappa shape index (κ1) is 13.2. The van der Waals surface area contributed by atoms with Crippen LogP contribution in [0.3, 0.4) is 0 Å². The standard InChI is InChI=1S/C17H12FNO2/c1-19-15-8-7-12(18)9-13(15)14(17(19)21)10-16(20)11-5-3-2-4-6-11/h2-10H,1H3/b14-10+. The van der Waals surface area contributed by atoms with Gasteiger partial charge in [0.2, 0.25) is 0 Å². The Morgan fingerprint density at radius 2 is 1.86 bits per heavy atom. The summed E-state index contributed by atoms with van der Waals surface area (Å²) in [7, 11) is 1.60. The molecule has 0 bridgehead atoms. The summed E-state index contributed by atoms with van der Waals surface area (Å²) in [6.45, 7) is 0. The minimum absolute atomic E-state index is 0.223. The Morgan fingerprint density at radius 3 is 2.57 bits per heavy atom. The minimum atomic E-state index is -0.435. The van der Waals surface area contributed by atoms with Crippen LogP contribution in [0.15, 0.2) is 54.6 Å². The van der Waals surface area contributed by atoms with E-state index in [1.165, 1.54) is 29.2 Å². The number of ketones is 1. The first-order chi connectivity index (χ1) is 10.1. The molecular weight excluding hydrogens is 269 g/mol. The lowest BCUT2D eigenvalue weighted by Gasteiger charge is -2.08. The molecule has 2 aromatic rings. The molecule has 0 aliphatic carbocycles. The molecule has 0 unspecified atom stereocenters. The van der Waals surface area contributed by atoms with Crippen molar-refractivity contribution in [1.29, 1.82) is 0 Å². The van der Waals surface area contributed by atoms with Gasteiger partial charge < -0.3 is 4.90 Å². The fraction of sp³-hybridized carbons (Fsp3) is 0.0588. The first-order valence-electron chi connectivity index (χ1n) is 6.47. The molecule has 4 heteroatoms. The molecule has 1 heterocycles. The van der Waals surface area contributed by atoms with Crippen molar-refractivity contribution in [2.24, 2.45) is 0 Å². The summed E-state index contributed by atoms with van der Waals surface area (Å²) in [4.78, 5) is 25.8. The van der Waals surface area contributed by atoms with Crippen LogP contribution in [0.5, 0.6) is 0 Å². The van der Waals surface area contributed by atoms with Gasteiger partial charge in [-0.1, -0.05) is 30.3 Å². The van der Waals surface area contributed by atoms with Gasteiger partial charge >= 0.3 is 0 Å². The van der Waals surface area contributed by atoms with Crippen LogP contribution < -0.4 is 4.90 Å². The molecular formula is C17H12FNO2. The van der Waals surface area contributed by atoms with Gasteiger partial charge in [0, 0.05) is 18.2 Å². The molecule has 3 nitrogen and oxygen atoms in total. The van der Waals surface area contributed by atoms with E-state index in [0.29, 0.717) is 16.8 Å². The van der Waals surface area contributed by atoms with Crippen molar-refractivity contribution in [1.82, 2.24) is 0 Å². The van der Waals surface area contributed by atoms with Gasteiger partial charge in [-0.05, 0) is 24.3 Å². The number of hydrogen-bond acceptors (Lipinski definition) is 2. The molecule has 3 rings (SSSR count). The van der Waals surface area contributed by atoms with E-state index in [0.717, 1.165) is 0 Å². The van der Waals surface area contributed by atoms with Crippen LogP contribution in [0, 0.1) is 5.82 Å². The molecule has 0 N–H and O–H groups in total. The summed E-state index contributed by atoms with van der Waals surface area (Å²) in [6, 6.07) is 12.8. The van der Waals surface area contributed by atoms with Gasteiger partial charge in [0.25, 0.3) is 5.91 Å². The Labute approximate surface area is 121 Å². The summed E-state index contributed by atoms with van der Waals surface area (Å²) in [6.07, 6.45) is 1.28. The summed E-state index contributed by atoms with van der Waals surface area (Å²) in [5, 5.41) is 0. The van der Waals surface area contributed by atoms with Crippen molar-refractivity contribution in [3.63, 3.8) is 0 Å². The third-order valence-corrected chi connectivity index (χ3v) is 3.48. The molecule has 0 saturated carbocycles. The molecule has 1 aliphatic rings. The van der Waals surface area contributed by atoms with E-state index in [4.69, 9.17) is 0 Å². The number of benzene rings is 2. The fourth-order valence-electron chi connectivity index (χ4n) is 2.38. The van der Waals surface area contributed by atoms with Crippen LogP contribution in [0.1, 0.15) is 15.9 Å². The van der Waals surface area contributed by atoms with Crippen LogP contribution in [0.4, 0.5) is 10.1 Å². The lowest BCUT2D eigenvalue weighted by Crippen LogP contribution is -2.20. The zero-order valence-electron chi connectivity index (χ0n) is 11.3. The fourth-order valence-corrected chi connectivity index (χ4v) is 2.38. The van der Waals surface area contributed by atoms with Crippen molar-refractivity contribution in [2.45, 2.75) is 0 Å². The molecule has 0 fully saturated rings. The smallest absolute Gasteiger partial charge is 0.258 e. The quantitative estimate of drug-likeness (QED) is 0.626. The van der Waals surface area contributed by atoms with E-state index in [2.05, 4.69) is 0 Å². The third kappa shape index (κ3) is 2.25. The molecule has 2 aromatic carbocycles. The number of likely N-dealkylation sites (N-methyl/N-ethyl adjacent to an activating group) is 1. The Kier molecular flexibility index (Phi) is 3.14. The second-order valence-electron chi connectivity index (χ2n) is 4.81. The molecule has 0 atom stereocenters. The predicted molar refractivity (Wildman–Crippen MR) is 78.6 cm³/mol. The van der Waals surface area contributed by atoms with Gasteiger partial charge in [0.05, 0.1) is 11.3 Å². The molecule has 1 aliphatic heterocycles. The number of allylic oxidation sites excluding steroid dienone is 1. The van der Waals surface area contributed by atoms with E-state index in [9.17, 15) is 14.0 Å². The Morgan fingerprint density at radius 1 is 1.14 bits per heavy atom. The summed E-state index contributed by atoms with van der Waals surface area (Å²) in [5.74, 6) is -1.01. The van der Waals surface area contributed by atoms with Gasteiger partial charge in [-0.15, -0.1) is 0 Å². The normalized spacial score (nSPS) is 15.4. The summed E-state index contributed by atoms with van der Waals surface area (Å²) in [5.41, 5.74) is 1.77. The van der Waals surface area contributed by atoms with Gasteiger partial charge in [0.15, 0.2) is 5.78 Å². The highest BCUT2D eigenvalue weighted by Gasteiger charge is 2.30. The second-order valence-corrected chi connectivity index (χ2v) is 4.81. The number of anilines is 1. The van der Waals surface area contributed by atoms with E-state index in [-0.39, 0.29) is 17.3 Å². The minimum Gasteiger partial charge on any atom is -0.311 e. The lowest BCUT2D eigenvalue weighted by molar-refractivity contribution is -0.112. The van der Waals surface area contributed by atoms with Gasteiger partial charge in [0.1, 0.15) is 5.82 Å². The number of amides is 1. The number of carbonyl (C=O) groups excluding carboxylic acids is 2. The van der Waals surface area contributed by atoms with Crippen molar-refractivity contribution >= 4 is 23.0 Å². The zero-order valence-corrected chi connectivity index (χ0v) is 11.3. The molecule has 0 radical (unpaired) electrons. The highest BCUT2D eigenvalue weighted by Crippen LogP contribution is 2.36. The number of fused-ring (bicyclic) bond motifs is 1. The van der Waals surface area contributed by atoms with Crippen LogP contribution in [-0.4, -0.2) is 18.7 Å². The Balaban J connectivity index is 2.07. The average Bonchev–Trinajstić information content (AvgIpc) is 2.73. The highest BCUT2D eigenvalue weighted by molar-refractivity contribution is 6.35. The highest BCUT2D eigenvalue weighted by atomic mass is 19.1. The topological polar surface area (TPSA) is 37.4 Å². The SMILES string of the molecule is CN1C(=O)/C(=C/C(=O)c2ccccc2)c2cc(F)ccc21. The van der Waals surface area contributed by atoms with Crippen molar-refractivity contribution in [3.05, 3.63) is 71.6 Å². The van der Waals surface area contributed by atoms with Crippen LogP contribution in [-0.2, 0) is 4.79 Å². The van der Waals surface area contributed by atoms with E-state index in [1.807, 2.05) is 6.07 Å². The van der Waals surface area contributed by atoms with Gasteiger partial charge in [-0.25, -0.2) is 4.39 Å². The van der Waals surface area contributed by atoms with Crippen molar-refractivity contribution in [2.75, 3.05) is 11.9 Å². The van der Waals surface area contributed by atoms with Crippen LogP contribution in [0.2, 0.25) is 0 Å². The largest absolute Gasteiger partial charge is 0.311 e. The number of halogens is 1. The molecule has 1 amide bonds. The van der Waals surface area contributed by atoms with Gasteiger partial charge in [-0.3, -0.25) is 9.59 Å². The third-order valence-electron chi connectivity index (χ3n) is 3.48. The average molecular weight is 281 g/mol. The number of rotatable bonds is 2. The lowest BCUT2D eigenvalue weighted by atomic mass is 10.0. The summed E-state index contributed by atoms with van der Waals surface area (Å²) < 4.78 is 13.4. The Hall–Kier alpha value is -2.75. The number of nitrogens with zero attached hydrogens (tertiary/aromatic N) is 1. The van der Waals surface area contributed by atoms with Crippen molar-refractivity contribution in [3.8, 4) is 0 Å². The molecule has 104 valence electrons. The monoisotopic (exact) mass is 281 g/mol. The number of hydrogen-bond donors (Lipinski definition) is 0. The second kappa shape index (κ2) is 4.98. The van der Waals surface area contributed by atoms with Crippen LogP contribution >= 0.6 is 0 Å². The van der Waals surface area contributed by atoms with E-state index < -0.39 is 5.82 Å². The van der Waals surface area contributed by atoms with Crippen molar-refractivity contribution < 1.29 is 14.0 Å². The first-order valence-corrected chi connectivity index (χ1v) is 6.47. The molecule has 0 saturated heterocycles. The molecule has 21 heavy (non-hydrogen) atoms. The summed E-state index contributed by atoms with van der Waals surface area (Å²) >= 11 is 0. The molecule has 0 aromatic heterocycles. The maximum Gasteiger partial charge on any atom is 0.258 e. The maximum absolute atomic E-state index is 13.4. The zero-order chi connectivity index (χ0) is 15.0. The molecule has 0 spiro atoms.